The number of esters is 1. The highest BCUT2D eigenvalue weighted by Gasteiger charge is 2.34. The Balaban J connectivity index is 1.94. The Hall–Kier alpha value is -2.72. The molecule has 1 aliphatic heterocycles. The Morgan fingerprint density at radius 1 is 1.25 bits per heavy atom. The zero-order chi connectivity index (χ0) is 23.5. The van der Waals surface area contributed by atoms with E-state index in [1.54, 1.807) is 24.3 Å². The van der Waals surface area contributed by atoms with Crippen molar-refractivity contribution in [2.75, 3.05) is 39.5 Å². The highest BCUT2D eigenvalue weighted by atomic mass is 32.1. The molecule has 2 amide bonds. The van der Waals surface area contributed by atoms with Gasteiger partial charge in [-0.3, -0.25) is 19.7 Å². The molecule has 32 heavy (non-hydrogen) atoms. The van der Waals surface area contributed by atoms with Gasteiger partial charge in [0.05, 0.1) is 19.6 Å². The number of hydrogen-bond donors (Lipinski definition) is 2. The molecule has 0 radical (unpaired) electrons. The number of rotatable bonds is 10. The third-order valence-electron chi connectivity index (χ3n) is 4.57. The smallest absolute Gasteiger partial charge is 0.308 e. The minimum Gasteiger partial charge on any atom is -0.493 e. The molecular formula is C22H31N3O6S. The van der Waals surface area contributed by atoms with Crippen molar-refractivity contribution in [3.05, 3.63) is 29.8 Å². The van der Waals surface area contributed by atoms with Crippen LogP contribution in [0.2, 0.25) is 0 Å². The average Bonchev–Trinajstić information content (AvgIpc) is 2.77. The lowest BCUT2D eigenvalue weighted by atomic mass is 10.1. The quantitative estimate of drug-likeness (QED) is 0.304. The molecule has 0 saturated carbocycles. The van der Waals surface area contributed by atoms with E-state index in [9.17, 15) is 14.4 Å². The molecular weight excluding hydrogens is 434 g/mol. The first-order chi connectivity index (χ1) is 15.3. The van der Waals surface area contributed by atoms with Crippen LogP contribution in [0, 0.1) is 5.92 Å². The Labute approximate surface area is 193 Å². The molecule has 1 unspecified atom stereocenters. The molecule has 1 atom stereocenters. The summed E-state index contributed by atoms with van der Waals surface area (Å²) in [4.78, 5) is 38.6. The van der Waals surface area contributed by atoms with Gasteiger partial charge in [-0.05, 0) is 49.3 Å². The Bertz CT molecular complexity index is 799. The predicted molar refractivity (Wildman–Crippen MR) is 122 cm³/mol. The van der Waals surface area contributed by atoms with Gasteiger partial charge in [0.1, 0.15) is 18.4 Å². The first-order valence-corrected chi connectivity index (χ1v) is 11.1. The molecule has 2 rings (SSSR count). The van der Waals surface area contributed by atoms with Crippen LogP contribution < -0.4 is 15.4 Å². The van der Waals surface area contributed by atoms with Crippen LogP contribution in [0.15, 0.2) is 24.3 Å². The molecule has 0 bridgehead atoms. The molecule has 10 heteroatoms. The van der Waals surface area contributed by atoms with Gasteiger partial charge >= 0.3 is 5.97 Å². The number of piperazine rings is 1. The van der Waals surface area contributed by atoms with Gasteiger partial charge in [-0.2, -0.15) is 0 Å². The van der Waals surface area contributed by atoms with Crippen molar-refractivity contribution in [2.45, 2.75) is 33.2 Å². The highest BCUT2D eigenvalue weighted by molar-refractivity contribution is 7.80. The molecule has 9 nitrogen and oxygen atoms in total. The molecule has 1 aromatic carbocycles. The second-order valence-corrected chi connectivity index (χ2v) is 8.00. The van der Waals surface area contributed by atoms with E-state index in [0.717, 1.165) is 0 Å². The summed E-state index contributed by atoms with van der Waals surface area (Å²) >= 11 is 5.37. The van der Waals surface area contributed by atoms with Crippen molar-refractivity contribution in [1.29, 1.82) is 0 Å². The molecule has 0 aromatic heterocycles. The molecule has 0 aliphatic carbocycles. The van der Waals surface area contributed by atoms with E-state index in [2.05, 4.69) is 24.5 Å². The molecule has 176 valence electrons. The number of hydrogen-bond acceptors (Lipinski definition) is 7. The minimum absolute atomic E-state index is 0.0806. The van der Waals surface area contributed by atoms with E-state index in [1.165, 1.54) is 4.90 Å². The zero-order valence-electron chi connectivity index (χ0n) is 18.7. The van der Waals surface area contributed by atoms with Gasteiger partial charge in [0.25, 0.3) is 5.91 Å². The minimum atomic E-state index is -0.858. The van der Waals surface area contributed by atoms with E-state index < -0.39 is 17.9 Å². The van der Waals surface area contributed by atoms with Crippen molar-refractivity contribution >= 4 is 35.1 Å². The maximum Gasteiger partial charge on any atom is 0.308 e. The summed E-state index contributed by atoms with van der Waals surface area (Å²) in [6.45, 7) is 8.18. The molecule has 1 fully saturated rings. The predicted octanol–water partition coefficient (Wildman–Crippen LogP) is 1.51. The molecule has 1 saturated heterocycles. The number of thiocarbonyl (C=S) groups is 1. The van der Waals surface area contributed by atoms with E-state index in [-0.39, 0.29) is 24.0 Å². The van der Waals surface area contributed by atoms with Gasteiger partial charge in [0.15, 0.2) is 5.11 Å². The second kappa shape index (κ2) is 13.0. The van der Waals surface area contributed by atoms with E-state index in [0.29, 0.717) is 50.1 Å². The number of nitrogens with zero attached hydrogens (tertiary/aromatic N) is 1. The number of amides is 2. The molecule has 2 N–H and O–H groups in total. The van der Waals surface area contributed by atoms with Gasteiger partial charge in [0.2, 0.25) is 5.91 Å². The third kappa shape index (κ3) is 8.08. The second-order valence-electron chi connectivity index (χ2n) is 7.61. The summed E-state index contributed by atoms with van der Waals surface area (Å²) in [5, 5.41) is 5.44. The van der Waals surface area contributed by atoms with Gasteiger partial charge in [-0.1, -0.05) is 13.8 Å². The van der Waals surface area contributed by atoms with Crippen molar-refractivity contribution in [2.24, 2.45) is 5.92 Å². The van der Waals surface area contributed by atoms with Crippen LogP contribution in [-0.4, -0.2) is 73.4 Å². The normalized spacial score (nSPS) is 15.8. The van der Waals surface area contributed by atoms with Crippen LogP contribution in [0.25, 0.3) is 0 Å². The number of ether oxygens (including phenoxy) is 3. The zero-order valence-corrected chi connectivity index (χ0v) is 19.5. The maximum absolute atomic E-state index is 12.6. The van der Waals surface area contributed by atoms with Gasteiger partial charge in [-0.25, -0.2) is 0 Å². The van der Waals surface area contributed by atoms with Crippen LogP contribution >= 0.6 is 12.2 Å². The molecule has 1 aromatic rings. The fourth-order valence-electron chi connectivity index (χ4n) is 2.94. The first kappa shape index (κ1) is 25.5. The van der Waals surface area contributed by atoms with Gasteiger partial charge < -0.3 is 24.4 Å². The summed E-state index contributed by atoms with van der Waals surface area (Å²) in [6, 6.07) is 5.86. The standard InChI is InChI=1S/C22H31N3O6S/c1-4-29-11-12-30-19(26)13-18-21(28)23-9-10-25(18)22(32)24-20(27)16-5-7-17(8-6-16)31-14-15(2)3/h5-8,15,18H,4,9-14H2,1-3H3,(H,23,28)(H,24,27,32). The molecule has 1 heterocycles. The fourth-order valence-corrected chi connectivity index (χ4v) is 3.25. The number of nitrogens with one attached hydrogen (secondary N) is 2. The number of benzene rings is 1. The topological polar surface area (TPSA) is 106 Å². The van der Waals surface area contributed by atoms with Crippen LogP contribution in [0.4, 0.5) is 0 Å². The highest BCUT2D eigenvalue weighted by Crippen LogP contribution is 2.14. The summed E-state index contributed by atoms with van der Waals surface area (Å²) in [5.74, 6) is -0.223. The van der Waals surface area contributed by atoms with E-state index in [4.69, 9.17) is 26.4 Å². The van der Waals surface area contributed by atoms with Gasteiger partial charge in [-0.15, -0.1) is 0 Å². The van der Waals surface area contributed by atoms with E-state index >= 15 is 0 Å². The van der Waals surface area contributed by atoms with Crippen molar-refractivity contribution in [3.8, 4) is 5.75 Å². The number of carbonyl (C=O) groups is 3. The monoisotopic (exact) mass is 465 g/mol. The summed E-state index contributed by atoms with van der Waals surface area (Å²) in [7, 11) is 0. The lowest BCUT2D eigenvalue weighted by Gasteiger charge is -2.36. The Kier molecular flexibility index (Phi) is 10.4. The Morgan fingerprint density at radius 2 is 1.97 bits per heavy atom. The van der Waals surface area contributed by atoms with Crippen LogP contribution in [0.3, 0.4) is 0 Å². The SMILES string of the molecule is CCOCCOC(=O)CC1C(=O)NCCN1C(=S)NC(=O)c1ccc(OCC(C)C)cc1. The summed E-state index contributed by atoms with van der Waals surface area (Å²) in [6.07, 6.45) is -0.185. The lowest BCUT2D eigenvalue weighted by Crippen LogP contribution is -2.60. The van der Waals surface area contributed by atoms with Crippen LogP contribution in [0.1, 0.15) is 37.6 Å². The molecule has 0 spiro atoms. The van der Waals surface area contributed by atoms with Gasteiger partial charge in [0, 0.05) is 25.3 Å². The average molecular weight is 466 g/mol. The lowest BCUT2D eigenvalue weighted by molar-refractivity contribution is -0.148. The van der Waals surface area contributed by atoms with Crippen LogP contribution in [0.5, 0.6) is 5.75 Å². The van der Waals surface area contributed by atoms with Crippen molar-refractivity contribution in [3.63, 3.8) is 0 Å². The van der Waals surface area contributed by atoms with Crippen molar-refractivity contribution in [1.82, 2.24) is 15.5 Å². The molecule has 1 aliphatic rings. The third-order valence-corrected chi connectivity index (χ3v) is 4.90. The summed E-state index contributed by atoms with van der Waals surface area (Å²) < 4.78 is 15.9. The largest absolute Gasteiger partial charge is 0.493 e. The van der Waals surface area contributed by atoms with Crippen molar-refractivity contribution < 1.29 is 28.6 Å². The maximum atomic E-state index is 12.6. The van der Waals surface area contributed by atoms with Crippen LogP contribution in [-0.2, 0) is 19.1 Å². The number of carbonyl (C=O) groups excluding carboxylic acids is 3. The van der Waals surface area contributed by atoms with E-state index in [1.807, 2.05) is 6.92 Å². The fraction of sp³-hybridized carbons (Fsp3) is 0.545. The Morgan fingerprint density at radius 3 is 2.62 bits per heavy atom. The first-order valence-electron chi connectivity index (χ1n) is 10.7. The summed E-state index contributed by atoms with van der Waals surface area (Å²) in [5.41, 5.74) is 0.401.